The molecule has 9 heteroatoms. The first-order valence-electron chi connectivity index (χ1n) is 33.2. The molecule has 496 valence electrons. The van der Waals surface area contributed by atoms with Crippen molar-refractivity contribution in [3.63, 3.8) is 0 Å². The fourth-order valence-electron chi connectivity index (χ4n) is 12.6. The highest BCUT2D eigenvalue weighted by Gasteiger charge is 2.38. The van der Waals surface area contributed by atoms with E-state index in [1.165, 1.54) is 33.4 Å². The Balaban J connectivity index is 1.08. The Hall–Kier alpha value is -5.99. The van der Waals surface area contributed by atoms with E-state index in [9.17, 15) is 4.89 Å². The van der Waals surface area contributed by atoms with Crippen molar-refractivity contribution < 1.29 is 27.6 Å². The molecular formula is C84H109O6P3. The van der Waals surface area contributed by atoms with Crippen LogP contribution in [-0.4, -0.2) is 4.89 Å². The predicted octanol–water partition coefficient (Wildman–Crippen LogP) is 23.0. The van der Waals surface area contributed by atoms with Crippen molar-refractivity contribution >= 4 is 45.3 Å². The van der Waals surface area contributed by atoms with Gasteiger partial charge in [0.1, 0.15) is 23.0 Å². The highest BCUT2D eigenvalue weighted by molar-refractivity contribution is 7.67. The lowest BCUT2D eigenvalue weighted by molar-refractivity contribution is 0.387. The normalized spacial score (nSPS) is 13.5. The molecule has 1 atom stereocenters. The molecule has 0 spiro atoms. The van der Waals surface area contributed by atoms with E-state index < -0.39 is 24.1 Å². The van der Waals surface area contributed by atoms with E-state index in [2.05, 4.69) is 267 Å². The zero-order valence-corrected chi connectivity index (χ0v) is 64.4. The summed E-state index contributed by atoms with van der Waals surface area (Å²) in [5, 5.41) is 3.10. The van der Waals surface area contributed by atoms with Crippen LogP contribution in [0.4, 0.5) is 0 Å². The minimum atomic E-state index is -4.15. The minimum Gasteiger partial charge on any atom is -0.435 e. The third kappa shape index (κ3) is 16.8. The Labute approximate surface area is 564 Å². The van der Waals surface area contributed by atoms with Crippen LogP contribution in [-0.2, 0) is 47.9 Å². The Morgan fingerprint density at radius 1 is 0.290 bits per heavy atom. The summed E-state index contributed by atoms with van der Waals surface area (Å²) in [6, 6.07) is 50.4. The Kier molecular flexibility index (Phi) is 20.5. The second-order valence-corrected chi connectivity index (χ2v) is 39.2. The van der Waals surface area contributed by atoms with Crippen LogP contribution < -0.4 is 39.3 Å². The first-order chi connectivity index (χ1) is 42.5. The molecule has 0 amide bonds. The zero-order valence-electron chi connectivity index (χ0n) is 61.7. The third-order valence-corrected chi connectivity index (χ3v) is 22.5. The van der Waals surface area contributed by atoms with Crippen molar-refractivity contribution in [3.8, 4) is 45.3 Å². The largest absolute Gasteiger partial charge is 0.462 e. The Morgan fingerprint density at radius 3 is 0.753 bits per heavy atom. The average molecular weight is 1310 g/mol. The molecule has 8 rings (SSSR count). The third-order valence-electron chi connectivity index (χ3n) is 17.7. The zero-order chi connectivity index (χ0) is 69.3. The van der Waals surface area contributed by atoms with E-state index >= 15 is 4.57 Å². The van der Waals surface area contributed by atoms with Crippen LogP contribution >= 0.6 is 24.1 Å². The van der Waals surface area contributed by atoms with Crippen LogP contribution in [0.15, 0.2) is 146 Å². The Bertz CT molecular complexity index is 3870. The summed E-state index contributed by atoms with van der Waals surface area (Å²) in [5.41, 5.74) is 16.5. The number of benzene rings is 8. The van der Waals surface area contributed by atoms with E-state index in [1.54, 1.807) is 0 Å². The summed E-state index contributed by atoms with van der Waals surface area (Å²) >= 11 is 0. The van der Waals surface area contributed by atoms with Gasteiger partial charge in [-0.15, -0.1) is 0 Å². The Morgan fingerprint density at radius 2 is 0.505 bits per heavy atom. The van der Waals surface area contributed by atoms with Gasteiger partial charge in [-0.3, -0.25) is 0 Å². The maximum Gasteiger partial charge on any atom is 0.462 e. The van der Waals surface area contributed by atoms with Crippen molar-refractivity contribution in [2.75, 3.05) is 0 Å². The van der Waals surface area contributed by atoms with Gasteiger partial charge in [0, 0.05) is 32.9 Å². The monoisotopic (exact) mass is 1310 g/mol. The molecule has 0 aromatic heterocycles. The highest BCUT2D eigenvalue weighted by atomic mass is 31.2. The predicted molar refractivity (Wildman–Crippen MR) is 403 cm³/mol. The maximum absolute atomic E-state index is 16.1. The molecule has 0 radical (unpaired) electrons. The fourth-order valence-corrected chi connectivity index (χ4v) is 16.7. The molecule has 1 unspecified atom stereocenters. The molecule has 0 saturated carbocycles. The number of rotatable bonds is 14. The van der Waals surface area contributed by atoms with Crippen LogP contribution in [0.1, 0.15) is 233 Å². The topological polar surface area (TPSA) is 74.2 Å². The fraction of sp³-hybridized carbons (Fsp3) is 0.429. The molecule has 0 saturated heterocycles. The first kappa shape index (κ1) is 72.8. The van der Waals surface area contributed by atoms with Crippen molar-refractivity contribution in [2.45, 2.75) is 237 Å². The maximum atomic E-state index is 16.1. The van der Waals surface area contributed by atoms with E-state index in [-0.39, 0.29) is 43.3 Å². The van der Waals surface area contributed by atoms with Gasteiger partial charge in [-0.05, 0) is 186 Å². The molecule has 8 aromatic rings. The smallest absolute Gasteiger partial charge is 0.435 e. The second kappa shape index (κ2) is 26.2. The highest BCUT2D eigenvalue weighted by Crippen LogP contribution is 2.54. The number of hydrogen-bond donors (Lipinski definition) is 1. The van der Waals surface area contributed by atoms with Crippen LogP contribution in [0.3, 0.4) is 0 Å². The molecule has 93 heavy (non-hydrogen) atoms. The van der Waals surface area contributed by atoms with Gasteiger partial charge in [0.25, 0.3) is 0 Å². The molecule has 0 fully saturated rings. The van der Waals surface area contributed by atoms with Crippen LogP contribution in [0, 0.1) is 27.7 Å². The first-order valence-corrected chi connectivity index (χ1v) is 37.2. The summed E-state index contributed by atoms with van der Waals surface area (Å²) in [4.78, 5) is 12.0. The van der Waals surface area contributed by atoms with Gasteiger partial charge in [-0.25, -0.2) is 4.57 Å². The van der Waals surface area contributed by atoms with Gasteiger partial charge in [-0.2, -0.15) is 0 Å². The second-order valence-electron chi connectivity index (χ2n) is 34.3. The molecule has 6 nitrogen and oxygen atoms in total. The van der Waals surface area contributed by atoms with E-state index in [4.69, 9.17) is 18.1 Å². The van der Waals surface area contributed by atoms with Crippen molar-refractivity contribution in [1.29, 1.82) is 0 Å². The van der Waals surface area contributed by atoms with Gasteiger partial charge in [0.15, 0.2) is 0 Å². The molecule has 0 aliphatic carbocycles. The molecule has 1 N–H and O–H groups in total. The standard InChI is InChI=1S/C84H109O6P3/c1-53-45-73(69(81(17,18)19)49-65(53)77(5,6)7)87-92(88-74-46-54(2)66(78(8,9)10)50-70(74)82(20,21)22)63-41-33-59(34-42-63)57-29-37-61(38-30-57)91(85)62-39-31-58(32-40-62)60-35-43-64(44-36-60)93(86,89-75-47-55(3)67(79(11,12)13)51-71(75)83(23,24)25)90-76-48-56(4)68(80(14,15)16)52-72(76)84(26,27)28/h29-52,85H,1-28H3. The molecule has 0 aliphatic heterocycles. The molecule has 8 aromatic carbocycles. The van der Waals surface area contributed by atoms with E-state index in [0.29, 0.717) is 16.8 Å². The van der Waals surface area contributed by atoms with Gasteiger partial charge < -0.3 is 23.0 Å². The molecular weight excluding hydrogens is 1200 g/mol. The van der Waals surface area contributed by atoms with Gasteiger partial charge in [0.05, 0.1) is 18.8 Å². The van der Waals surface area contributed by atoms with Gasteiger partial charge >= 0.3 is 16.0 Å². The summed E-state index contributed by atoms with van der Waals surface area (Å²) in [7, 11) is -7.47. The van der Waals surface area contributed by atoms with E-state index in [0.717, 1.165) is 83.0 Å². The minimum absolute atomic E-state index is 0.0337. The van der Waals surface area contributed by atoms with Crippen LogP contribution in [0.25, 0.3) is 22.3 Å². The lowest BCUT2D eigenvalue weighted by Gasteiger charge is -2.32. The summed E-state index contributed by atoms with van der Waals surface area (Å²) < 4.78 is 44.6. The van der Waals surface area contributed by atoms with Crippen molar-refractivity contribution in [1.82, 2.24) is 0 Å². The van der Waals surface area contributed by atoms with E-state index in [1.807, 2.05) is 72.8 Å². The van der Waals surface area contributed by atoms with Gasteiger partial charge in [-0.1, -0.05) is 263 Å². The number of aryl methyl sites for hydroxylation is 4. The summed E-state index contributed by atoms with van der Waals surface area (Å²) in [6.45, 7) is 62.1. The summed E-state index contributed by atoms with van der Waals surface area (Å²) in [6.07, 6.45) is 0. The van der Waals surface area contributed by atoms with Crippen LogP contribution in [0.2, 0.25) is 0 Å². The average Bonchev–Trinajstić information content (AvgIpc) is 0.777. The molecule has 0 heterocycles. The van der Waals surface area contributed by atoms with Crippen molar-refractivity contribution in [3.05, 3.63) is 212 Å². The van der Waals surface area contributed by atoms with Crippen LogP contribution in [0.5, 0.6) is 23.0 Å². The lowest BCUT2D eigenvalue weighted by Crippen LogP contribution is -2.22. The number of hydrogen-bond acceptors (Lipinski definition) is 6. The van der Waals surface area contributed by atoms with Crippen molar-refractivity contribution in [2.24, 2.45) is 0 Å². The SMILES string of the molecule is Cc1cc(OP(Oc2cc(C)c(C(C)(C)C)cc2C(C)(C)C)c2ccc(-c3ccc(P(O)c4ccc(-c5ccc(P(=O)(Oc6cc(C)c(C(C)(C)C)cc6C(C)(C)C)Oc6cc(C)c(C(C)(C)C)cc6C(C)(C)C)cc5)cc4)cc3)cc2)c(C(C)(C)C)cc1C(C)(C)C. The lowest BCUT2D eigenvalue weighted by atomic mass is 9.78. The summed E-state index contributed by atoms with van der Waals surface area (Å²) in [5.74, 6) is 2.79. The molecule has 0 aliphatic rings. The molecule has 0 bridgehead atoms. The van der Waals surface area contributed by atoms with Gasteiger partial charge in [0.2, 0.25) is 0 Å². The quantitative estimate of drug-likeness (QED) is 0.109.